The number of fused-ring (bicyclic) bond motifs is 1. The minimum Gasteiger partial charge on any atom is -0.382 e. The molecule has 1 aromatic carbocycles. The van der Waals surface area contributed by atoms with Gasteiger partial charge in [0, 0.05) is 38.4 Å². The van der Waals surface area contributed by atoms with Gasteiger partial charge in [0.15, 0.2) is 0 Å². The van der Waals surface area contributed by atoms with Crippen LogP contribution in [-0.4, -0.2) is 38.8 Å². The van der Waals surface area contributed by atoms with E-state index in [2.05, 4.69) is 16.0 Å². The second kappa shape index (κ2) is 6.13. The van der Waals surface area contributed by atoms with Crippen molar-refractivity contribution in [2.24, 2.45) is 5.92 Å². The third-order valence-electron chi connectivity index (χ3n) is 3.90. The summed E-state index contributed by atoms with van der Waals surface area (Å²) in [6.07, 6.45) is 2.11. The molecule has 1 atom stereocenters. The minimum atomic E-state index is -0.000844. The Morgan fingerprint density at radius 2 is 2.15 bits per heavy atom. The van der Waals surface area contributed by atoms with E-state index in [1.807, 2.05) is 18.2 Å². The summed E-state index contributed by atoms with van der Waals surface area (Å²) in [6, 6.07) is 5.74. The third kappa shape index (κ3) is 3.04. The zero-order chi connectivity index (χ0) is 13.8. The topological polar surface area (TPSA) is 62.4 Å². The molecule has 5 heteroatoms. The van der Waals surface area contributed by atoms with Gasteiger partial charge in [-0.05, 0) is 37.0 Å². The lowest BCUT2D eigenvalue weighted by molar-refractivity contribution is 0.0950. The highest BCUT2D eigenvalue weighted by molar-refractivity contribution is 5.96. The summed E-state index contributed by atoms with van der Waals surface area (Å²) in [5.41, 5.74) is 2.78. The third-order valence-corrected chi connectivity index (χ3v) is 3.90. The average molecular weight is 275 g/mol. The van der Waals surface area contributed by atoms with Gasteiger partial charge >= 0.3 is 0 Å². The summed E-state index contributed by atoms with van der Waals surface area (Å²) in [6.45, 7) is 4.23. The first-order valence-corrected chi connectivity index (χ1v) is 7.30. The first-order valence-electron chi connectivity index (χ1n) is 7.30. The molecular weight excluding hydrogens is 254 g/mol. The molecule has 0 bridgehead atoms. The standard InChI is InChI=1S/C15H21N3O2/c19-15(18-5-3-11-4-8-20-10-11)12-1-2-13-14(9-12)17-7-6-16-13/h1-2,9,11,16-17H,3-8,10H2,(H,18,19). The van der Waals surface area contributed by atoms with Crippen LogP contribution in [0.25, 0.3) is 0 Å². The van der Waals surface area contributed by atoms with E-state index < -0.39 is 0 Å². The van der Waals surface area contributed by atoms with Crippen LogP contribution in [0.3, 0.4) is 0 Å². The lowest BCUT2D eigenvalue weighted by atomic mass is 10.1. The zero-order valence-electron chi connectivity index (χ0n) is 11.6. The molecule has 1 saturated heterocycles. The molecule has 3 N–H and O–H groups in total. The van der Waals surface area contributed by atoms with Gasteiger partial charge in [-0.3, -0.25) is 4.79 Å². The maximum atomic E-state index is 12.1. The van der Waals surface area contributed by atoms with Crippen LogP contribution in [0.4, 0.5) is 11.4 Å². The predicted octanol–water partition coefficient (Wildman–Crippen LogP) is 1.68. The van der Waals surface area contributed by atoms with Crippen LogP contribution < -0.4 is 16.0 Å². The Morgan fingerprint density at radius 1 is 1.30 bits per heavy atom. The quantitative estimate of drug-likeness (QED) is 0.782. The summed E-state index contributed by atoms with van der Waals surface area (Å²) >= 11 is 0. The lowest BCUT2D eigenvalue weighted by Crippen LogP contribution is -2.27. The Morgan fingerprint density at radius 3 is 2.95 bits per heavy atom. The maximum Gasteiger partial charge on any atom is 0.251 e. The number of amides is 1. The normalized spacial score (nSPS) is 20.7. The summed E-state index contributed by atoms with van der Waals surface area (Å²) in [5.74, 6) is 0.601. The molecular formula is C15H21N3O2. The molecule has 3 rings (SSSR count). The van der Waals surface area contributed by atoms with E-state index in [0.29, 0.717) is 11.5 Å². The van der Waals surface area contributed by atoms with Crippen molar-refractivity contribution in [3.05, 3.63) is 23.8 Å². The summed E-state index contributed by atoms with van der Waals surface area (Å²) < 4.78 is 5.33. The first kappa shape index (κ1) is 13.2. The molecule has 0 radical (unpaired) electrons. The van der Waals surface area contributed by atoms with Crippen molar-refractivity contribution in [3.8, 4) is 0 Å². The lowest BCUT2D eigenvalue weighted by Gasteiger charge is -2.20. The van der Waals surface area contributed by atoms with Crippen LogP contribution in [0.5, 0.6) is 0 Å². The van der Waals surface area contributed by atoms with E-state index in [4.69, 9.17) is 4.74 Å². The van der Waals surface area contributed by atoms with Crippen molar-refractivity contribution in [2.75, 3.05) is 43.5 Å². The highest BCUT2D eigenvalue weighted by Gasteiger charge is 2.16. The van der Waals surface area contributed by atoms with Crippen molar-refractivity contribution in [1.82, 2.24) is 5.32 Å². The van der Waals surface area contributed by atoms with Crippen LogP contribution in [0, 0.1) is 5.92 Å². The molecule has 2 aliphatic heterocycles. The monoisotopic (exact) mass is 275 g/mol. The fourth-order valence-corrected chi connectivity index (χ4v) is 2.68. The van der Waals surface area contributed by atoms with Crippen molar-refractivity contribution < 1.29 is 9.53 Å². The predicted molar refractivity (Wildman–Crippen MR) is 79.3 cm³/mol. The molecule has 0 saturated carbocycles. The van der Waals surface area contributed by atoms with Crippen molar-refractivity contribution in [2.45, 2.75) is 12.8 Å². The number of carbonyl (C=O) groups is 1. The Bertz CT molecular complexity index is 484. The number of anilines is 2. The summed E-state index contributed by atoms with van der Waals surface area (Å²) in [7, 11) is 0. The molecule has 5 nitrogen and oxygen atoms in total. The maximum absolute atomic E-state index is 12.1. The highest BCUT2D eigenvalue weighted by atomic mass is 16.5. The van der Waals surface area contributed by atoms with E-state index in [-0.39, 0.29) is 5.91 Å². The zero-order valence-corrected chi connectivity index (χ0v) is 11.6. The second-order valence-electron chi connectivity index (χ2n) is 5.39. The fraction of sp³-hybridized carbons (Fsp3) is 0.533. The van der Waals surface area contributed by atoms with Gasteiger partial charge in [-0.25, -0.2) is 0 Å². The minimum absolute atomic E-state index is 0.000844. The molecule has 0 aliphatic carbocycles. The van der Waals surface area contributed by atoms with Crippen LogP contribution >= 0.6 is 0 Å². The van der Waals surface area contributed by atoms with Gasteiger partial charge in [-0.15, -0.1) is 0 Å². The molecule has 0 spiro atoms. The highest BCUT2D eigenvalue weighted by Crippen LogP contribution is 2.25. The van der Waals surface area contributed by atoms with Crippen LogP contribution in [0.2, 0.25) is 0 Å². The molecule has 1 aromatic rings. The Labute approximate surface area is 119 Å². The van der Waals surface area contributed by atoms with Gasteiger partial charge in [-0.2, -0.15) is 0 Å². The van der Waals surface area contributed by atoms with E-state index in [1.54, 1.807) is 0 Å². The van der Waals surface area contributed by atoms with Crippen LogP contribution in [0.1, 0.15) is 23.2 Å². The SMILES string of the molecule is O=C(NCCC1CCOC1)c1ccc2c(c1)NCCN2. The number of nitrogens with one attached hydrogen (secondary N) is 3. The number of ether oxygens (including phenoxy) is 1. The number of carbonyl (C=O) groups excluding carboxylic acids is 1. The Kier molecular flexibility index (Phi) is 4.06. The van der Waals surface area contributed by atoms with Crippen LogP contribution in [-0.2, 0) is 4.74 Å². The van der Waals surface area contributed by atoms with Gasteiger partial charge in [0.1, 0.15) is 0 Å². The van der Waals surface area contributed by atoms with Gasteiger partial charge in [-0.1, -0.05) is 0 Å². The molecule has 2 heterocycles. The van der Waals surface area contributed by atoms with Gasteiger partial charge < -0.3 is 20.7 Å². The molecule has 0 aromatic heterocycles. The number of benzene rings is 1. The number of hydrogen-bond acceptors (Lipinski definition) is 4. The number of rotatable bonds is 4. The van der Waals surface area contributed by atoms with Crippen molar-refractivity contribution in [1.29, 1.82) is 0 Å². The van der Waals surface area contributed by atoms with Crippen molar-refractivity contribution >= 4 is 17.3 Å². The fourth-order valence-electron chi connectivity index (χ4n) is 2.68. The molecule has 1 fully saturated rings. The Balaban J connectivity index is 1.53. The molecule has 1 amide bonds. The van der Waals surface area contributed by atoms with Gasteiger partial charge in [0.2, 0.25) is 0 Å². The summed E-state index contributed by atoms with van der Waals surface area (Å²) in [4.78, 5) is 12.1. The second-order valence-corrected chi connectivity index (χ2v) is 5.39. The largest absolute Gasteiger partial charge is 0.382 e. The van der Waals surface area contributed by atoms with Crippen molar-refractivity contribution in [3.63, 3.8) is 0 Å². The van der Waals surface area contributed by atoms with E-state index in [0.717, 1.165) is 57.1 Å². The van der Waals surface area contributed by atoms with E-state index >= 15 is 0 Å². The van der Waals surface area contributed by atoms with E-state index in [1.165, 1.54) is 0 Å². The first-order chi connectivity index (χ1) is 9.83. The summed E-state index contributed by atoms with van der Waals surface area (Å²) in [5, 5.41) is 9.59. The number of hydrogen-bond donors (Lipinski definition) is 3. The molecule has 108 valence electrons. The molecule has 1 unspecified atom stereocenters. The van der Waals surface area contributed by atoms with E-state index in [9.17, 15) is 4.79 Å². The van der Waals surface area contributed by atoms with Gasteiger partial charge in [0.25, 0.3) is 5.91 Å². The smallest absolute Gasteiger partial charge is 0.251 e. The van der Waals surface area contributed by atoms with Gasteiger partial charge in [0.05, 0.1) is 11.4 Å². The van der Waals surface area contributed by atoms with Crippen LogP contribution in [0.15, 0.2) is 18.2 Å². The molecule has 2 aliphatic rings. The average Bonchev–Trinajstić information content (AvgIpc) is 3.00. The Hall–Kier alpha value is -1.75. The molecule has 20 heavy (non-hydrogen) atoms.